The maximum Gasteiger partial charge on any atom is 0.323 e. The molecule has 1 aliphatic heterocycles. The van der Waals surface area contributed by atoms with Crippen molar-refractivity contribution < 1.29 is 28.2 Å². The summed E-state index contributed by atoms with van der Waals surface area (Å²) in [5.41, 5.74) is 0.966. The van der Waals surface area contributed by atoms with Crippen molar-refractivity contribution in [2.45, 2.75) is 25.9 Å². The molecule has 9 nitrogen and oxygen atoms in total. The molecule has 0 spiro atoms. The molecule has 4 rings (SSSR count). The molecule has 0 unspecified atom stereocenters. The summed E-state index contributed by atoms with van der Waals surface area (Å²) >= 11 is 0. The van der Waals surface area contributed by atoms with Gasteiger partial charge in [-0.25, -0.2) is 14.2 Å². The number of likely N-dealkylation sites (tertiary alicyclic amines) is 1. The Balaban J connectivity index is 1.29. The number of ether oxygens (including phenoxy) is 2. The number of nitrogens with zero attached hydrogens (tertiary/aromatic N) is 2. The monoisotopic (exact) mass is 492 g/mol. The summed E-state index contributed by atoms with van der Waals surface area (Å²) in [5, 5.41) is 5.17. The Morgan fingerprint density at radius 3 is 2.50 bits per heavy atom. The van der Waals surface area contributed by atoms with Crippen LogP contribution in [0.15, 0.2) is 66.9 Å². The Hall–Kier alpha value is -4.47. The Kier molecular flexibility index (Phi) is 8.07. The zero-order valence-electron chi connectivity index (χ0n) is 19.4. The third-order valence-corrected chi connectivity index (χ3v) is 5.35. The molecule has 3 amide bonds. The molecule has 0 radical (unpaired) electrons. The number of amides is 3. The highest BCUT2D eigenvalue weighted by molar-refractivity contribution is 6.01. The number of hydrogen-bond acceptors (Lipinski definition) is 6. The first kappa shape index (κ1) is 24.6. The first-order chi connectivity index (χ1) is 17.5. The molecule has 1 aliphatic rings. The maximum absolute atomic E-state index is 14.6. The second-order valence-corrected chi connectivity index (χ2v) is 8.12. The van der Waals surface area contributed by atoms with Gasteiger partial charge in [-0.1, -0.05) is 30.3 Å². The molecule has 186 valence electrons. The topological polar surface area (TPSA) is 110 Å². The fourth-order valence-electron chi connectivity index (χ4n) is 3.57. The number of pyridine rings is 1. The van der Waals surface area contributed by atoms with E-state index in [0.717, 1.165) is 24.5 Å². The minimum Gasteiger partial charge on any atom is -0.460 e. The molecule has 2 aromatic carbocycles. The van der Waals surface area contributed by atoms with E-state index in [-0.39, 0.29) is 35.6 Å². The van der Waals surface area contributed by atoms with Gasteiger partial charge in [-0.2, -0.15) is 0 Å². The minimum atomic E-state index is -0.723. The van der Waals surface area contributed by atoms with E-state index >= 15 is 0 Å². The molecule has 0 aliphatic carbocycles. The number of rotatable bonds is 8. The summed E-state index contributed by atoms with van der Waals surface area (Å²) in [4.78, 5) is 42.1. The van der Waals surface area contributed by atoms with Gasteiger partial charge >= 0.3 is 12.0 Å². The SMILES string of the molecule is O=C(CC(=O)OCc1ccccc1)Nc1ccc(Oc2ccnc(NC(=O)N3CCCC3)c2)c(F)c1. The van der Waals surface area contributed by atoms with Crippen molar-refractivity contribution in [1.29, 1.82) is 0 Å². The lowest BCUT2D eigenvalue weighted by atomic mass is 10.2. The largest absolute Gasteiger partial charge is 0.460 e. The van der Waals surface area contributed by atoms with E-state index in [4.69, 9.17) is 9.47 Å². The smallest absolute Gasteiger partial charge is 0.323 e. The quantitative estimate of drug-likeness (QED) is 0.348. The summed E-state index contributed by atoms with van der Waals surface area (Å²) in [5.74, 6) is -1.57. The predicted octanol–water partition coefficient (Wildman–Crippen LogP) is 4.71. The zero-order chi connectivity index (χ0) is 25.3. The zero-order valence-corrected chi connectivity index (χ0v) is 19.4. The summed E-state index contributed by atoms with van der Waals surface area (Å²) in [7, 11) is 0. The van der Waals surface area contributed by atoms with Crippen molar-refractivity contribution in [3.8, 4) is 11.5 Å². The lowest BCUT2D eigenvalue weighted by Crippen LogP contribution is -2.32. The van der Waals surface area contributed by atoms with Crippen LogP contribution in [-0.4, -0.2) is 40.9 Å². The predicted molar refractivity (Wildman–Crippen MR) is 130 cm³/mol. The molecule has 36 heavy (non-hydrogen) atoms. The first-order valence-corrected chi connectivity index (χ1v) is 11.4. The van der Waals surface area contributed by atoms with E-state index in [9.17, 15) is 18.8 Å². The highest BCUT2D eigenvalue weighted by Crippen LogP contribution is 2.28. The number of carbonyl (C=O) groups excluding carboxylic acids is 3. The van der Waals surface area contributed by atoms with E-state index in [1.165, 1.54) is 30.5 Å². The summed E-state index contributed by atoms with van der Waals surface area (Å²) in [6, 6.07) is 15.7. The number of halogens is 1. The fraction of sp³-hybridized carbons (Fsp3) is 0.231. The standard InChI is InChI=1S/C26H25FN4O5/c27-21-14-19(29-24(32)16-25(33)35-17-18-6-2-1-3-7-18)8-9-22(21)36-20-10-11-28-23(15-20)30-26(34)31-12-4-5-13-31/h1-3,6-11,14-15H,4-5,12-13,16-17H2,(H,29,32)(H,28,30,34). The lowest BCUT2D eigenvalue weighted by Gasteiger charge is -2.16. The number of aromatic nitrogens is 1. The Morgan fingerprint density at radius 2 is 1.75 bits per heavy atom. The van der Waals surface area contributed by atoms with Crippen LogP contribution in [0.5, 0.6) is 11.5 Å². The third kappa shape index (κ3) is 7.02. The van der Waals surface area contributed by atoms with Crippen LogP contribution < -0.4 is 15.4 Å². The van der Waals surface area contributed by atoms with Gasteiger partial charge in [0.25, 0.3) is 0 Å². The van der Waals surface area contributed by atoms with Crippen LogP contribution in [0, 0.1) is 5.82 Å². The number of nitrogens with one attached hydrogen (secondary N) is 2. The van der Waals surface area contributed by atoms with Crippen LogP contribution in [-0.2, 0) is 20.9 Å². The van der Waals surface area contributed by atoms with E-state index < -0.39 is 24.1 Å². The van der Waals surface area contributed by atoms with Crippen LogP contribution in [0.3, 0.4) is 0 Å². The molecule has 1 aromatic heterocycles. The lowest BCUT2D eigenvalue weighted by molar-refractivity contribution is -0.146. The van der Waals surface area contributed by atoms with Crippen molar-refractivity contribution >= 4 is 29.4 Å². The van der Waals surface area contributed by atoms with Crippen molar-refractivity contribution in [1.82, 2.24) is 9.88 Å². The second kappa shape index (κ2) is 11.8. The maximum atomic E-state index is 14.6. The molecule has 3 aromatic rings. The van der Waals surface area contributed by atoms with Crippen LogP contribution in [0.25, 0.3) is 0 Å². The van der Waals surface area contributed by atoms with Crippen molar-refractivity contribution in [2.24, 2.45) is 0 Å². The molecule has 1 fully saturated rings. The molecule has 0 atom stereocenters. The molecule has 2 N–H and O–H groups in total. The van der Waals surface area contributed by atoms with Crippen LogP contribution in [0.1, 0.15) is 24.8 Å². The van der Waals surface area contributed by atoms with E-state index in [0.29, 0.717) is 13.1 Å². The number of anilines is 2. The summed E-state index contributed by atoms with van der Waals surface area (Å²) < 4.78 is 25.3. The van der Waals surface area contributed by atoms with Gasteiger partial charge < -0.3 is 19.7 Å². The number of benzene rings is 2. The molecular weight excluding hydrogens is 467 g/mol. The van der Waals surface area contributed by atoms with Gasteiger partial charge in [-0.05, 0) is 36.6 Å². The summed E-state index contributed by atoms with van der Waals surface area (Å²) in [6.07, 6.45) is 2.88. The number of urea groups is 1. The van der Waals surface area contributed by atoms with Gasteiger partial charge in [-0.15, -0.1) is 0 Å². The normalized spacial score (nSPS) is 12.6. The van der Waals surface area contributed by atoms with Gasteiger partial charge in [0, 0.05) is 37.1 Å². The van der Waals surface area contributed by atoms with Crippen LogP contribution in [0.2, 0.25) is 0 Å². The molecule has 1 saturated heterocycles. The van der Waals surface area contributed by atoms with Gasteiger partial charge in [0.15, 0.2) is 11.6 Å². The molecule has 0 bridgehead atoms. The molecule has 10 heteroatoms. The van der Waals surface area contributed by atoms with Gasteiger partial charge in [0.1, 0.15) is 24.6 Å². The molecule has 2 heterocycles. The highest BCUT2D eigenvalue weighted by Gasteiger charge is 2.18. The van der Waals surface area contributed by atoms with E-state index in [1.807, 2.05) is 18.2 Å². The number of carbonyl (C=O) groups is 3. The number of esters is 1. The average Bonchev–Trinajstić information content (AvgIpc) is 3.41. The third-order valence-electron chi connectivity index (χ3n) is 5.35. The molecular formula is C26H25FN4O5. The van der Waals surface area contributed by atoms with E-state index in [2.05, 4.69) is 15.6 Å². The molecule has 0 saturated carbocycles. The average molecular weight is 493 g/mol. The van der Waals surface area contributed by atoms with Crippen LogP contribution in [0.4, 0.5) is 20.7 Å². The van der Waals surface area contributed by atoms with Crippen molar-refractivity contribution in [3.05, 3.63) is 78.2 Å². The Labute approximate surface area is 207 Å². The van der Waals surface area contributed by atoms with Gasteiger partial charge in [0.2, 0.25) is 5.91 Å². The van der Waals surface area contributed by atoms with Crippen LogP contribution >= 0.6 is 0 Å². The fourth-order valence-corrected chi connectivity index (χ4v) is 3.57. The minimum absolute atomic E-state index is 0.0618. The highest BCUT2D eigenvalue weighted by atomic mass is 19.1. The number of hydrogen-bond donors (Lipinski definition) is 2. The second-order valence-electron chi connectivity index (χ2n) is 8.12. The first-order valence-electron chi connectivity index (χ1n) is 11.4. The van der Waals surface area contributed by atoms with Crippen molar-refractivity contribution in [3.63, 3.8) is 0 Å². The van der Waals surface area contributed by atoms with E-state index in [1.54, 1.807) is 17.0 Å². The van der Waals surface area contributed by atoms with Gasteiger partial charge in [0.05, 0.1) is 0 Å². The van der Waals surface area contributed by atoms with Crippen molar-refractivity contribution in [2.75, 3.05) is 23.7 Å². The Morgan fingerprint density at radius 1 is 0.972 bits per heavy atom. The van der Waals surface area contributed by atoms with Gasteiger partial charge in [-0.3, -0.25) is 14.9 Å². The Bertz CT molecular complexity index is 1230. The summed E-state index contributed by atoms with van der Waals surface area (Å²) in [6.45, 7) is 1.46.